The van der Waals surface area contributed by atoms with Crippen molar-refractivity contribution < 1.29 is 23.0 Å². The maximum absolute atomic E-state index is 12.7. The summed E-state index contributed by atoms with van der Waals surface area (Å²) in [6.45, 7) is 3.09. The van der Waals surface area contributed by atoms with E-state index in [-0.39, 0.29) is 36.3 Å². The number of benzene rings is 5. The number of aliphatic hydroxyl groups is 1. The van der Waals surface area contributed by atoms with E-state index >= 15 is 0 Å². The molecule has 1 saturated heterocycles. The maximum Gasteiger partial charge on any atom is 0.240 e. The third-order valence-corrected chi connectivity index (χ3v) is 10.2. The monoisotopic (exact) mass is 636 g/mol. The highest BCUT2D eigenvalue weighted by atomic mass is 32.2. The van der Waals surface area contributed by atoms with E-state index in [2.05, 4.69) is 66.1 Å². The Labute approximate surface area is 271 Å². The summed E-state index contributed by atoms with van der Waals surface area (Å²) in [5, 5.41) is 12.0. The van der Waals surface area contributed by atoms with Crippen molar-refractivity contribution in [1.29, 1.82) is 0 Å². The minimum absolute atomic E-state index is 0.00846. The molecule has 5 aromatic rings. The average Bonchev–Trinajstić information content (AvgIpc) is 3.10. The lowest BCUT2D eigenvalue weighted by Crippen LogP contribution is -2.38. The Bertz CT molecular complexity index is 1850. The molecule has 46 heavy (non-hydrogen) atoms. The van der Waals surface area contributed by atoms with Gasteiger partial charge in [-0.1, -0.05) is 103 Å². The van der Waals surface area contributed by atoms with E-state index in [0.29, 0.717) is 13.0 Å². The van der Waals surface area contributed by atoms with E-state index in [4.69, 9.17) is 9.47 Å². The number of aliphatic hydroxyl groups excluding tert-OH is 1. The molecule has 1 aliphatic rings. The molecule has 6 rings (SSSR count). The Hall–Kier alpha value is -3.89. The molecule has 5 aromatic carbocycles. The van der Waals surface area contributed by atoms with Crippen LogP contribution in [-0.4, -0.2) is 38.1 Å². The maximum atomic E-state index is 12.7. The van der Waals surface area contributed by atoms with Crippen LogP contribution in [-0.2, 0) is 32.6 Å². The van der Waals surface area contributed by atoms with Gasteiger partial charge in [0.05, 0.1) is 23.7 Å². The molecule has 0 spiro atoms. The van der Waals surface area contributed by atoms with E-state index in [1.807, 2.05) is 48.5 Å². The van der Waals surface area contributed by atoms with Crippen molar-refractivity contribution >= 4 is 20.8 Å². The Balaban J connectivity index is 1.17. The highest BCUT2D eigenvalue weighted by molar-refractivity contribution is 7.89. The Morgan fingerprint density at radius 3 is 2.17 bits per heavy atom. The van der Waals surface area contributed by atoms with Gasteiger partial charge in [0.15, 0.2) is 6.29 Å². The SMILES string of the molecule is C[C@H](c1ccc2ccccc2c1)N(C)C[C@H]1C[C@@H](c2ccc(CO)cc2)O[C@@H](c2ccc(CNS(=O)(=O)c3ccccc3)cc2)O1. The van der Waals surface area contributed by atoms with Gasteiger partial charge in [-0.2, -0.15) is 0 Å². The fourth-order valence-corrected chi connectivity index (χ4v) is 6.93. The third kappa shape index (κ3) is 7.56. The molecule has 0 aromatic heterocycles. The van der Waals surface area contributed by atoms with Gasteiger partial charge in [-0.25, -0.2) is 13.1 Å². The van der Waals surface area contributed by atoms with Crippen LogP contribution in [0.4, 0.5) is 0 Å². The zero-order chi connectivity index (χ0) is 32.1. The zero-order valence-electron chi connectivity index (χ0n) is 26.1. The summed E-state index contributed by atoms with van der Waals surface area (Å²) in [5.41, 5.74) is 4.83. The predicted octanol–water partition coefficient (Wildman–Crippen LogP) is 7.05. The quantitative estimate of drug-likeness (QED) is 0.162. The molecule has 4 atom stereocenters. The van der Waals surface area contributed by atoms with Crippen molar-refractivity contribution in [2.24, 2.45) is 0 Å². The number of hydrogen-bond donors (Lipinski definition) is 2. The molecule has 2 N–H and O–H groups in total. The van der Waals surface area contributed by atoms with Gasteiger partial charge in [0, 0.05) is 31.1 Å². The van der Waals surface area contributed by atoms with Gasteiger partial charge in [-0.3, -0.25) is 4.90 Å². The molecule has 8 heteroatoms. The van der Waals surface area contributed by atoms with E-state index in [0.717, 1.165) is 22.3 Å². The van der Waals surface area contributed by atoms with Crippen LogP contribution in [0.3, 0.4) is 0 Å². The number of rotatable bonds is 11. The highest BCUT2D eigenvalue weighted by Crippen LogP contribution is 2.39. The van der Waals surface area contributed by atoms with E-state index in [1.165, 1.54) is 16.3 Å². The molecule has 1 heterocycles. The highest BCUT2D eigenvalue weighted by Gasteiger charge is 2.33. The molecule has 0 unspecified atom stereocenters. The van der Waals surface area contributed by atoms with Gasteiger partial charge in [0.2, 0.25) is 10.0 Å². The second-order valence-electron chi connectivity index (χ2n) is 12.0. The predicted molar refractivity (Wildman–Crippen MR) is 180 cm³/mol. The summed E-state index contributed by atoms with van der Waals surface area (Å²) in [6.07, 6.45) is -0.214. The fraction of sp³-hybridized carbons (Fsp3) is 0.263. The van der Waals surface area contributed by atoms with Crippen molar-refractivity contribution in [2.75, 3.05) is 13.6 Å². The van der Waals surface area contributed by atoms with Crippen molar-refractivity contribution in [2.45, 2.75) is 55.9 Å². The summed E-state index contributed by atoms with van der Waals surface area (Å²) in [5.74, 6) is 0. The Morgan fingerprint density at radius 2 is 1.46 bits per heavy atom. The number of nitrogens with zero attached hydrogens (tertiary/aromatic N) is 1. The van der Waals surface area contributed by atoms with Gasteiger partial charge >= 0.3 is 0 Å². The molecular formula is C38H40N2O5S. The lowest BCUT2D eigenvalue weighted by atomic mass is 9.98. The first kappa shape index (κ1) is 32.1. The van der Waals surface area contributed by atoms with Gasteiger partial charge in [-0.15, -0.1) is 0 Å². The van der Waals surface area contributed by atoms with Gasteiger partial charge in [0.1, 0.15) is 0 Å². The number of hydrogen-bond acceptors (Lipinski definition) is 6. The van der Waals surface area contributed by atoms with Crippen LogP contribution in [0.15, 0.2) is 126 Å². The number of fused-ring (bicyclic) bond motifs is 1. The molecular weight excluding hydrogens is 596 g/mol. The van der Waals surface area contributed by atoms with Crippen LogP contribution in [0.2, 0.25) is 0 Å². The summed E-state index contributed by atoms with van der Waals surface area (Å²) < 4.78 is 41.2. The zero-order valence-corrected chi connectivity index (χ0v) is 26.9. The molecule has 0 amide bonds. The molecule has 7 nitrogen and oxygen atoms in total. The van der Waals surface area contributed by atoms with Crippen molar-refractivity contribution in [1.82, 2.24) is 9.62 Å². The topological polar surface area (TPSA) is 88.1 Å². The first-order valence-corrected chi connectivity index (χ1v) is 17.1. The van der Waals surface area contributed by atoms with Crippen molar-refractivity contribution in [3.05, 3.63) is 149 Å². The second kappa shape index (κ2) is 14.3. The average molecular weight is 637 g/mol. The first-order chi connectivity index (χ1) is 22.3. The van der Waals surface area contributed by atoms with Gasteiger partial charge < -0.3 is 14.6 Å². The minimum Gasteiger partial charge on any atom is -0.392 e. The molecule has 1 aliphatic heterocycles. The molecule has 0 aliphatic carbocycles. The number of ether oxygens (including phenoxy) is 2. The lowest BCUT2D eigenvalue weighted by molar-refractivity contribution is -0.253. The molecule has 0 saturated carbocycles. The van der Waals surface area contributed by atoms with Gasteiger partial charge in [-0.05, 0) is 65.2 Å². The van der Waals surface area contributed by atoms with E-state index < -0.39 is 16.3 Å². The largest absolute Gasteiger partial charge is 0.392 e. The smallest absolute Gasteiger partial charge is 0.240 e. The van der Waals surface area contributed by atoms with Crippen LogP contribution >= 0.6 is 0 Å². The van der Waals surface area contributed by atoms with Crippen LogP contribution in [0, 0.1) is 0 Å². The summed E-state index contributed by atoms with van der Waals surface area (Å²) in [6, 6.07) is 39.1. The summed E-state index contributed by atoms with van der Waals surface area (Å²) >= 11 is 0. The normalized spacial score (nSPS) is 19.3. The number of sulfonamides is 1. The minimum atomic E-state index is -3.61. The van der Waals surface area contributed by atoms with Crippen LogP contribution in [0.1, 0.15) is 59.6 Å². The molecule has 238 valence electrons. The lowest BCUT2D eigenvalue weighted by Gasteiger charge is -2.39. The van der Waals surface area contributed by atoms with Crippen molar-refractivity contribution in [3.8, 4) is 0 Å². The molecule has 0 bridgehead atoms. The van der Waals surface area contributed by atoms with Crippen LogP contribution in [0.25, 0.3) is 10.8 Å². The summed E-state index contributed by atoms with van der Waals surface area (Å²) in [7, 11) is -1.48. The standard InChI is InChI=1S/C38H40N2O5S/c1-27(33-21-20-30-8-6-7-9-34(30)22-33)40(2)25-35-23-37(31-16-14-29(26-41)15-17-31)45-38(44-35)32-18-12-28(13-19-32)24-39-46(42,43)36-10-4-3-5-11-36/h3-22,27,35,37-39,41H,23-26H2,1-2H3/t27-,35-,37+,38+/m1/s1. The molecule has 1 fully saturated rings. The summed E-state index contributed by atoms with van der Waals surface area (Å²) in [4.78, 5) is 2.56. The van der Waals surface area contributed by atoms with E-state index in [9.17, 15) is 13.5 Å². The van der Waals surface area contributed by atoms with E-state index in [1.54, 1.807) is 30.3 Å². The van der Waals surface area contributed by atoms with Crippen LogP contribution in [0.5, 0.6) is 0 Å². The van der Waals surface area contributed by atoms with Crippen LogP contribution < -0.4 is 4.72 Å². The molecule has 0 radical (unpaired) electrons. The Kier molecular flexibility index (Phi) is 9.94. The van der Waals surface area contributed by atoms with Crippen molar-refractivity contribution in [3.63, 3.8) is 0 Å². The Morgan fingerprint density at radius 1 is 0.804 bits per heavy atom. The third-order valence-electron chi connectivity index (χ3n) is 8.80. The number of nitrogens with one attached hydrogen (secondary N) is 1. The van der Waals surface area contributed by atoms with Gasteiger partial charge in [0.25, 0.3) is 0 Å². The number of likely N-dealkylation sites (N-methyl/N-ethyl adjacent to an activating group) is 1. The fourth-order valence-electron chi connectivity index (χ4n) is 5.89. The second-order valence-corrected chi connectivity index (χ2v) is 13.7. The first-order valence-electron chi connectivity index (χ1n) is 15.6.